The van der Waals surface area contributed by atoms with E-state index in [1.807, 2.05) is 24.3 Å². The van der Waals surface area contributed by atoms with E-state index in [9.17, 15) is 4.79 Å². The predicted molar refractivity (Wildman–Crippen MR) is 71.6 cm³/mol. The van der Waals surface area contributed by atoms with E-state index in [1.165, 1.54) is 0 Å². The van der Waals surface area contributed by atoms with Crippen molar-refractivity contribution in [3.63, 3.8) is 0 Å². The minimum absolute atomic E-state index is 0.0150. The highest BCUT2D eigenvalue weighted by Crippen LogP contribution is 2.18. The van der Waals surface area contributed by atoms with Crippen molar-refractivity contribution in [1.82, 2.24) is 4.90 Å². The summed E-state index contributed by atoms with van der Waals surface area (Å²) in [5.74, 6) is 0.716. The van der Waals surface area contributed by atoms with Crippen LogP contribution in [-0.4, -0.2) is 43.2 Å². The third-order valence-corrected chi connectivity index (χ3v) is 3.33. The number of rotatable bonds is 3. The molecule has 1 aliphatic heterocycles. The summed E-state index contributed by atoms with van der Waals surface area (Å²) in [6.07, 6.45) is -0.468. The van der Waals surface area contributed by atoms with Crippen LogP contribution < -0.4 is 4.74 Å². The molecule has 1 saturated heterocycles. The first-order valence-corrected chi connectivity index (χ1v) is 6.75. The highest BCUT2D eigenvalue weighted by Gasteiger charge is 2.23. The second kappa shape index (κ2) is 6.20. The van der Waals surface area contributed by atoms with E-state index in [2.05, 4.69) is 15.9 Å². The summed E-state index contributed by atoms with van der Waals surface area (Å²) in [6, 6.07) is 7.46. The van der Waals surface area contributed by atoms with Crippen LogP contribution in [0.15, 0.2) is 28.7 Å². The number of carbonyl (C=O) groups excluding carboxylic acids is 1. The molecule has 1 unspecified atom stereocenters. The maximum atomic E-state index is 12.1. The molecule has 1 atom stereocenters. The molecule has 1 aliphatic rings. The molecule has 5 heteroatoms. The van der Waals surface area contributed by atoms with Crippen LogP contribution in [0, 0.1) is 0 Å². The second-order valence-corrected chi connectivity index (χ2v) is 5.07. The zero-order chi connectivity index (χ0) is 13.0. The van der Waals surface area contributed by atoms with Gasteiger partial charge in [0.15, 0.2) is 6.10 Å². The van der Waals surface area contributed by atoms with E-state index in [4.69, 9.17) is 9.47 Å². The molecule has 0 aliphatic carbocycles. The summed E-state index contributed by atoms with van der Waals surface area (Å²) in [6.45, 7) is 4.28. The van der Waals surface area contributed by atoms with Crippen molar-refractivity contribution in [3.05, 3.63) is 28.7 Å². The number of ether oxygens (including phenoxy) is 2. The highest BCUT2D eigenvalue weighted by atomic mass is 79.9. The van der Waals surface area contributed by atoms with Crippen LogP contribution in [0.4, 0.5) is 0 Å². The monoisotopic (exact) mass is 313 g/mol. The minimum atomic E-state index is -0.468. The number of morpholine rings is 1. The zero-order valence-electron chi connectivity index (χ0n) is 10.3. The lowest BCUT2D eigenvalue weighted by Gasteiger charge is -2.29. The van der Waals surface area contributed by atoms with Crippen molar-refractivity contribution in [1.29, 1.82) is 0 Å². The summed E-state index contributed by atoms with van der Waals surface area (Å²) in [5.41, 5.74) is 0. The first-order chi connectivity index (χ1) is 8.66. The van der Waals surface area contributed by atoms with Gasteiger partial charge in [0, 0.05) is 17.6 Å². The minimum Gasteiger partial charge on any atom is -0.481 e. The fourth-order valence-electron chi connectivity index (χ4n) is 1.81. The van der Waals surface area contributed by atoms with Gasteiger partial charge in [-0.3, -0.25) is 4.79 Å². The molecule has 0 radical (unpaired) electrons. The number of amides is 1. The Hall–Kier alpha value is -1.07. The molecule has 0 bridgehead atoms. The largest absolute Gasteiger partial charge is 0.481 e. The summed E-state index contributed by atoms with van der Waals surface area (Å²) >= 11 is 3.36. The topological polar surface area (TPSA) is 38.8 Å². The van der Waals surface area contributed by atoms with Gasteiger partial charge in [-0.25, -0.2) is 0 Å². The third-order valence-electron chi connectivity index (χ3n) is 2.80. The van der Waals surface area contributed by atoms with Crippen molar-refractivity contribution in [3.8, 4) is 5.75 Å². The van der Waals surface area contributed by atoms with Gasteiger partial charge in [-0.1, -0.05) is 15.9 Å². The average molecular weight is 314 g/mol. The molecule has 1 aromatic rings. The molecule has 1 fully saturated rings. The quantitative estimate of drug-likeness (QED) is 0.857. The summed E-state index contributed by atoms with van der Waals surface area (Å²) < 4.78 is 11.8. The third kappa shape index (κ3) is 3.46. The number of halogens is 1. The predicted octanol–water partition coefficient (Wildman–Crippen LogP) is 2.08. The van der Waals surface area contributed by atoms with E-state index in [0.717, 1.165) is 4.47 Å². The molecular formula is C13H16BrNO3. The molecule has 1 aromatic carbocycles. The molecule has 0 spiro atoms. The Morgan fingerprint density at radius 2 is 1.94 bits per heavy atom. The van der Waals surface area contributed by atoms with Crippen LogP contribution in [0.5, 0.6) is 5.75 Å². The van der Waals surface area contributed by atoms with Crippen molar-refractivity contribution in [2.75, 3.05) is 26.3 Å². The van der Waals surface area contributed by atoms with Gasteiger partial charge in [-0.15, -0.1) is 0 Å². The molecular weight excluding hydrogens is 298 g/mol. The summed E-state index contributed by atoms with van der Waals surface area (Å²) in [7, 11) is 0. The number of hydrogen-bond donors (Lipinski definition) is 0. The van der Waals surface area contributed by atoms with E-state index in [0.29, 0.717) is 32.1 Å². The van der Waals surface area contributed by atoms with Gasteiger partial charge in [0.25, 0.3) is 5.91 Å². The summed E-state index contributed by atoms with van der Waals surface area (Å²) in [4.78, 5) is 13.9. The Morgan fingerprint density at radius 3 is 2.56 bits per heavy atom. The lowest BCUT2D eigenvalue weighted by Crippen LogP contribution is -2.46. The first-order valence-electron chi connectivity index (χ1n) is 5.95. The Morgan fingerprint density at radius 1 is 1.33 bits per heavy atom. The van der Waals surface area contributed by atoms with Crippen molar-refractivity contribution >= 4 is 21.8 Å². The molecule has 0 aromatic heterocycles. The average Bonchev–Trinajstić information content (AvgIpc) is 2.41. The zero-order valence-corrected chi connectivity index (χ0v) is 11.9. The highest BCUT2D eigenvalue weighted by molar-refractivity contribution is 9.10. The second-order valence-electron chi connectivity index (χ2n) is 4.15. The van der Waals surface area contributed by atoms with Crippen LogP contribution in [0.25, 0.3) is 0 Å². The number of carbonyl (C=O) groups is 1. The smallest absolute Gasteiger partial charge is 0.263 e. The van der Waals surface area contributed by atoms with E-state index in [1.54, 1.807) is 11.8 Å². The summed E-state index contributed by atoms with van der Waals surface area (Å²) in [5, 5.41) is 0. The van der Waals surface area contributed by atoms with Crippen LogP contribution in [0.3, 0.4) is 0 Å². The normalized spacial score (nSPS) is 17.3. The SMILES string of the molecule is CC(Oc1ccc(Br)cc1)C(=O)N1CCOCC1. The molecule has 18 heavy (non-hydrogen) atoms. The van der Waals surface area contributed by atoms with Gasteiger partial charge in [0.1, 0.15) is 5.75 Å². The fraction of sp³-hybridized carbons (Fsp3) is 0.462. The van der Waals surface area contributed by atoms with Gasteiger partial charge in [0.2, 0.25) is 0 Å². The van der Waals surface area contributed by atoms with Crippen molar-refractivity contribution in [2.45, 2.75) is 13.0 Å². The molecule has 98 valence electrons. The van der Waals surface area contributed by atoms with Crippen LogP contribution in [-0.2, 0) is 9.53 Å². The molecule has 4 nitrogen and oxygen atoms in total. The Labute approximate surface area is 115 Å². The maximum Gasteiger partial charge on any atom is 0.263 e. The van der Waals surface area contributed by atoms with Gasteiger partial charge in [-0.2, -0.15) is 0 Å². The standard InChI is InChI=1S/C13H16BrNO3/c1-10(13(16)15-6-8-17-9-7-15)18-12-4-2-11(14)3-5-12/h2-5,10H,6-9H2,1H3. The molecule has 1 amide bonds. The van der Waals surface area contributed by atoms with Crippen LogP contribution >= 0.6 is 15.9 Å². The van der Waals surface area contributed by atoms with Gasteiger partial charge >= 0.3 is 0 Å². The maximum absolute atomic E-state index is 12.1. The fourth-order valence-corrected chi connectivity index (χ4v) is 2.07. The van der Waals surface area contributed by atoms with Crippen LogP contribution in [0.1, 0.15) is 6.92 Å². The lowest BCUT2D eigenvalue weighted by atomic mass is 10.3. The molecule has 0 saturated carbocycles. The molecule has 2 rings (SSSR count). The van der Waals surface area contributed by atoms with Gasteiger partial charge in [-0.05, 0) is 31.2 Å². The molecule has 0 N–H and O–H groups in total. The Kier molecular flexibility index (Phi) is 4.60. The lowest BCUT2D eigenvalue weighted by molar-refractivity contribution is -0.142. The van der Waals surface area contributed by atoms with Crippen molar-refractivity contribution < 1.29 is 14.3 Å². The number of nitrogens with zero attached hydrogens (tertiary/aromatic N) is 1. The van der Waals surface area contributed by atoms with E-state index in [-0.39, 0.29) is 5.91 Å². The van der Waals surface area contributed by atoms with E-state index >= 15 is 0 Å². The Balaban J connectivity index is 1.92. The van der Waals surface area contributed by atoms with E-state index < -0.39 is 6.10 Å². The van der Waals surface area contributed by atoms with Crippen molar-refractivity contribution in [2.24, 2.45) is 0 Å². The van der Waals surface area contributed by atoms with Gasteiger partial charge < -0.3 is 14.4 Å². The first kappa shape index (κ1) is 13.4. The number of benzene rings is 1. The van der Waals surface area contributed by atoms with Crippen LogP contribution in [0.2, 0.25) is 0 Å². The van der Waals surface area contributed by atoms with Gasteiger partial charge in [0.05, 0.1) is 13.2 Å². The Bertz CT molecular complexity index is 401. The molecule has 1 heterocycles. The number of hydrogen-bond acceptors (Lipinski definition) is 3.